The number of hydrogen-bond donors (Lipinski definition) is 5. The molecule has 31 heavy (non-hydrogen) atoms. The minimum absolute atomic E-state index is 0.00173. The molecule has 4 rings (SSSR count). The van der Waals surface area contributed by atoms with Crippen LogP contribution in [0.2, 0.25) is 5.28 Å². The second-order valence-corrected chi connectivity index (χ2v) is 10.1. The molecule has 2 aromatic heterocycles. The van der Waals surface area contributed by atoms with Crippen LogP contribution in [0.15, 0.2) is 6.20 Å². The minimum atomic E-state index is -4.45. The summed E-state index contributed by atoms with van der Waals surface area (Å²) in [6.45, 7) is 0.888. The summed E-state index contributed by atoms with van der Waals surface area (Å²) in [5.74, 6) is -0.836. The normalized spacial score (nSPS) is 28.5. The number of aliphatic hydroxyl groups is 2. The van der Waals surface area contributed by atoms with E-state index in [1.54, 1.807) is 0 Å². The van der Waals surface area contributed by atoms with Gasteiger partial charge in [-0.1, -0.05) is 12.8 Å². The molecule has 172 valence electrons. The van der Waals surface area contributed by atoms with Crippen LogP contribution in [0.25, 0.3) is 11.0 Å². The lowest BCUT2D eigenvalue weighted by molar-refractivity contribution is -0.0742. The maximum atomic E-state index is 11.2. The molecule has 5 N–H and O–H groups in total. The molecule has 2 aliphatic rings. The van der Waals surface area contributed by atoms with Crippen LogP contribution in [0.3, 0.4) is 0 Å². The highest BCUT2D eigenvalue weighted by Crippen LogP contribution is 2.42. The first-order valence-electron chi connectivity index (χ1n) is 10.0. The van der Waals surface area contributed by atoms with Crippen molar-refractivity contribution in [1.29, 1.82) is 0 Å². The van der Waals surface area contributed by atoms with E-state index in [0.717, 1.165) is 25.7 Å². The maximum Gasteiger partial charge on any atom is 0.353 e. The van der Waals surface area contributed by atoms with Crippen LogP contribution in [0, 0.1) is 0 Å². The first kappa shape index (κ1) is 22.8. The van der Waals surface area contributed by atoms with Gasteiger partial charge in [-0.05, 0) is 31.4 Å². The van der Waals surface area contributed by atoms with Gasteiger partial charge in [0.2, 0.25) is 5.28 Å². The quantitative estimate of drug-likeness (QED) is 0.284. The van der Waals surface area contributed by atoms with Crippen molar-refractivity contribution in [3.05, 3.63) is 11.5 Å². The smallest absolute Gasteiger partial charge is 0.353 e. The molecule has 1 unspecified atom stereocenters. The molecule has 0 bridgehead atoms. The lowest BCUT2D eigenvalue weighted by atomic mass is 10.1. The molecule has 1 saturated carbocycles. The minimum Gasteiger partial charge on any atom is -0.387 e. The van der Waals surface area contributed by atoms with Gasteiger partial charge >= 0.3 is 7.60 Å². The average Bonchev–Trinajstić information content (AvgIpc) is 3.41. The van der Waals surface area contributed by atoms with Gasteiger partial charge in [0, 0.05) is 6.04 Å². The Bertz CT molecular complexity index is 981. The Morgan fingerprint density at radius 2 is 2.03 bits per heavy atom. The highest BCUT2D eigenvalue weighted by atomic mass is 35.5. The molecule has 1 aliphatic carbocycles. The van der Waals surface area contributed by atoms with E-state index >= 15 is 0 Å². The molecule has 1 aliphatic heterocycles. The molecule has 12 nitrogen and oxygen atoms in total. The molecule has 0 spiro atoms. The Labute approximate surface area is 182 Å². The van der Waals surface area contributed by atoms with Crippen LogP contribution in [0.4, 0.5) is 5.82 Å². The predicted molar refractivity (Wildman–Crippen MR) is 110 cm³/mol. The van der Waals surface area contributed by atoms with Crippen LogP contribution in [0.5, 0.6) is 0 Å². The summed E-state index contributed by atoms with van der Waals surface area (Å²) in [6.07, 6.45) is 1.02. The summed E-state index contributed by atoms with van der Waals surface area (Å²) in [5.41, 5.74) is 0.321. The van der Waals surface area contributed by atoms with Gasteiger partial charge in [0.15, 0.2) is 17.7 Å². The fourth-order valence-corrected chi connectivity index (χ4v) is 4.30. The average molecular weight is 478 g/mol. The summed E-state index contributed by atoms with van der Waals surface area (Å²) in [7, 11) is -4.45. The van der Waals surface area contributed by atoms with Crippen molar-refractivity contribution in [1.82, 2.24) is 19.7 Å². The molecule has 3 heterocycles. The van der Waals surface area contributed by atoms with Gasteiger partial charge in [0.25, 0.3) is 0 Å². The SMILES string of the molecule is CC(OC[C@H]1O[C@@H](n2ncc3c(NC4CCCC4)nc(Cl)nc32)[C@H](O)[C@@H]1O)P(=O)(O)O. The number of hydrogen-bond acceptors (Lipinski definition) is 9. The van der Waals surface area contributed by atoms with Gasteiger partial charge in [0.05, 0.1) is 18.2 Å². The molecule has 0 amide bonds. The van der Waals surface area contributed by atoms with E-state index < -0.39 is 38.0 Å². The lowest BCUT2D eigenvalue weighted by Gasteiger charge is -2.19. The van der Waals surface area contributed by atoms with Crippen LogP contribution in [0.1, 0.15) is 38.8 Å². The molecular formula is C17H25ClN5O7P. The first-order chi connectivity index (χ1) is 14.6. The van der Waals surface area contributed by atoms with Gasteiger partial charge in [0.1, 0.15) is 24.1 Å². The highest BCUT2D eigenvalue weighted by Gasteiger charge is 2.45. The third kappa shape index (κ3) is 4.71. The summed E-state index contributed by atoms with van der Waals surface area (Å²) < 4.78 is 23.4. The number of nitrogens with zero attached hydrogens (tertiary/aromatic N) is 4. The molecule has 14 heteroatoms. The van der Waals surface area contributed by atoms with E-state index in [1.807, 2.05) is 0 Å². The van der Waals surface area contributed by atoms with Crippen molar-refractivity contribution in [2.75, 3.05) is 11.9 Å². The number of anilines is 1. The van der Waals surface area contributed by atoms with Crippen LogP contribution < -0.4 is 5.32 Å². The highest BCUT2D eigenvalue weighted by molar-refractivity contribution is 7.52. The number of aliphatic hydroxyl groups excluding tert-OH is 2. The van der Waals surface area contributed by atoms with Crippen LogP contribution in [-0.2, 0) is 14.0 Å². The molecule has 2 aromatic rings. The van der Waals surface area contributed by atoms with Gasteiger partial charge in [-0.15, -0.1) is 0 Å². The summed E-state index contributed by atoms with van der Waals surface area (Å²) >= 11 is 6.12. The second-order valence-electron chi connectivity index (χ2n) is 7.86. The standard InChI is InChI=1S/C17H25ClN5O7P/c1-8(31(26,27)28)29-7-11-12(24)13(25)16(30-11)23-15-10(6-19-23)14(21-17(18)22-15)20-9-4-2-3-5-9/h6,8-9,11-13,16,24-25H,2-5,7H2,1H3,(H,20,21,22)(H2,26,27,28)/t8?,11-,12-,13-,16-/m1/s1. The Morgan fingerprint density at radius 3 is 2.71 bits per heavy atom. The van der Waals surface area contributed by atoms with E-state index in [0.29, 0.717) is 16.9 Å². The van der Waals surface area contributed by atoms with Crippen LogP contribution >= 0.6 is 19.2 Å². The van der Waals surface area contributed by atoms with E-state index in [9.17, 15) is 14.8 Å². The number of rotatable bonds is 7. The van der Waals surface area contributed by atoms with Crippen molar-refractivity contribution in [2.24, 2.45) is 0 Å². The number of nitrogens with one attached hydrogen (secondary N) is 1. The zero-order chi connectivity index (χ0) is 22.3. The third-order valence-corrected chi connectivity index (χ3v) is 6.94. The zero-order valence-corrected chi connectivity index (χ0v) is 18.4. The van der Waals surface area contributed by atoms with Crippen molar-refractivity contribution >= 4 is 36.0 Å². The van der Waals surface area contributed by atoms with Crippen molar-refractivity contribution in [2.45, 2.75) is 69.0 Å². The molecule has 1 saturated heterocycles. The van der Waals surface area contributed by atoms with Gasteiger partial charge in [-0.25, -0.2) is 4.68 Å². The number of halogens is 1. The maximum absolute atomic E-state index is 11.2. The fraction of sp³-hybridized carbons (Fsp3) is 0.706. The van der Waals surface area contributed by atoms with Gasteiger partial charge in [-0.2, -0.15) is 15.1 Å². The Morgan fingerprint density at radius 1 is 1.32 bits per heavy atom. The number of fused-ring (bicyclic) bond motifs is 1. The van der Waals surface area contributed by atoms with Crippen molar-refractivity contribution < 1.29 is 34.0 Å². The molecule has 2 fully saturated rings. The largest absolute Gasteiger partial charge is 0.387 e. The zero-order valence-electron chi connectivity index (χ0n) is 16.7. The first-order valence-corrected chi connectivity index (χ1v) is 12.1. The summed E-state index contributed by atoms with van der Waals surface area (Å²) in [4.78, 5) is 26.8. The number of ether oxygens (including phenoxy) is 2. The van der Waals surface area contributed by atoms with E-state index in [4.69, 9.17) is 30.9 Å². The summed E-state index contributed by atoms with van der Waals surface area (Å²) in [6, 6.07) is 0.283. The van der Waals surface area contributed by atoms with E-state index in [-0.39, 0.29) is 17.9 Å². The van der Waals surface area contributed by atoms with Gasteiger partial charge < -0.3 is 34.8 Å². The van der Waals surface area contributed by atoms with Crippen molar-refractivity contribution in [3.63, 3.8) is 0 Å². The third-order valence-electron chi connectivity index (χ3n) is 5.68. The van der Waals surface area contributed by atoms with Crippen molar-refractivity contribution in [3.8, 4) is 0 Å². The Balaban J connectivity index is 1.55. The lowest BCUT2D eigenvalue weighted by Crippen LogP contribution is -2.34. The fourth-order valence-electron chi connectivity index (χ4n) is 3.86. The van der Waals surface area contributed by atoms with E-state index in [1.165, 1.54) is 17.8 Å². The Kier molecular flexibility index (Phi) is 6.53. The molecular weight excluding hydrogens is 453 g/mol. The molecule has 5 atom stereocenters. The second kappa shape index (κ2) is 8.87. The summed E-state index contributed by atoms with van der Waals surface area (Å²) in [5, 5.41) is 29.1. The predicted octanol–water partition coefficient (Wildman–Crippen LogP) is 0.994. The topological polar surface area (TPSA) is 172 Å². The Hall–Kier alpha value is -1.37. The monoisotopic (exact) mass is 477 g/mol. The number of aromatic nitrogens is 4. The molecule has 0 radical (unpaired) electrons. The van der Waals surface area contributed by atoms with Gasteiger partial charge in [-0.3, -0.25) is 4.57 Å². The van der Waals surface area contributed by atoms with Crippen LogP contribution in [-0.4, -0.2) is 76.6 Å². The van der Waals surface area contributed by atoms with E-state index in [2.05, 4.69) is 20.4 Å². The molecule has 0 aromatic carbocycles.